The minimum Gasteiger partial charge on any atom is -0.493 e. The van der Waals surface area contributed by atoms with Crippen LogP contribution in [0.25, 0.3) is 0 Å². The Morgan fingerprint density at radius 1 is 0.914 bits per heavy atom. The van der Waals surface area contributed by atoms with E-state index in [1.165, 1.54) is 0 Å². The van der Waals surface area contributed by atoms with Gasteiger partial charge in [-0.2, -0.15) is 18.1 Å². The minimum absolute atomic E-state index is 0.0426. The highest BCUT2D eigenvalue weighted by atomic mass is 32.2. The zero-order valence-corrected chi connectivity index (χ0v) is 21.2. The van der Waals surface area contributed by atoms with Crippen molar-refractivity contribution in [2.24, 2.45) is 0 Å². The van der Waals surface area contributed by atoms with Crippen molar-refractivity contribution in [2.45, 2.75) is 39.7 Å². The lowest BCUT2D eigenvalue weighted by atomic mass is 10.1. The van der Waals surface area contributed by atoms with Crippen LogP contribution in [-0.4, -0.2) is 38.6 Å². The molecule has 3 aromatic rings. The first-order valence-corrected chi connectivity index (χ1v) is 12.7. The Bertz CT molecular complexity index is 1340. The van der Waals surface area contributed by atoms with Crippen LogP contribution in [0.4, 0.5) is 28.8 Å². The van der Waals surface area contributed by atoms with Crippen LogP contribution < -0.4 is 29.6 Å². The summed E-state index contributed by atoms with van der Waals surface area (Å²) in [6.07, 6.45) is 3.49. The number of hydrogen-bond donors (Lipinski definition) is 4. The Kier molecular flexibility index (Phi) is 6.99. The van der Waals surface area contributed by atoms with Crippen LogP contribution in [0.5, 0.6) is 11.5 Å². The smallest absolute Gasteiger partial charge is 0.299 e. The molecule has 0 unspecified atom stereocenters. The van der Waals surface area contributed by atoms with E-state index in [1.807, 2.05) is 39.0 Å². The van der Waals surface area contributed by atoms with Gasteiger partial charge >= 0.3 is 0 Å². The lowest BCUT2D eigenvalue weighted by Crippen LogP contribution is -2.31. The van der Waals surface area contributed by atoms with Crippen molar-refractivity contribution in [3.63, 3.8) is 0 Å². The first-order valence-electron chi connectivity index (χ1n) is 11.2. The first-order chi connectivity index (χ1) is 16.7. The molecule has 4 rings (SSSR count). The largest absolute Gasteiger partial charge is 0.493 e. The maximum absolute atomic E-state index is 12.2. The number of aryl methyl sites for hydroxylation is 3. The molecule has 11 heteroatoms. The Labute approximate surface area is 205 Å². The number of methoxy groups -OCH3 is 2. The van der Waals surface area contributed by atoms with Gasteiger partial charge in [-0.1, -0.05) is 0 Å². The van der Waals surface area contributed by atoms with Crippen LogP contribution in [-0.2, 0) is 10.2 Å². The topological polar surface area (TPSA) is 126 Å². The molecular weight excluding hydrogens is 468 g/mol. The lowest BCUT2D eigenvalue weighted by Gasteiger charge is -2.16. The Balaban J connectivity index is 1.51. The fourth-order valence-corrected chi connectivity index (χ4v) is 4.76. The first kappa shape index (κ1) is 24.6. The number of ether oxygens (including phenoxy) is 2. The Morgan fingerprint density at radius 3 is 2.31 bits per heavy atom. The van der Waals surface area contributed by atoms with Crippen molar-refractivity contribution in [3.8, 4) is 11.5 Å². The molecule has 1 heterocycles. The van der Waals surface area contributed by atoms with Crippen molar-refractivity contribution >= 4 is 39.0 Å². The Morgan fingerprint density at radius 2 is 1.66 bits per heavy atom. The second-order valence-corrected chi connectivity index (χ2v) is 9.98. The molecule has 0 radical (unpaired) electrons. The third-order valence-corrected chi connectivity index (χ3v) is 6.67. The fourth-order valence-electron chi connectivity index (χ4n) is 3.59. The molecule has 10 nitrogen and oxygen atoms in total. The molecule has 1 aliphatic carbocycles. The summed E-state index contributed by atoms with van der Waals surface area (Å²) in [5.74, 6) is 2.33. The molecule has 1 aromatic heterocycles. The summed E-state index contributed by atoms with van der Waals surface area (Å²) >= 11 is 0. The summed E-state index contributed by atoms with van der Waals surface area (Å²) in [6, 6.07) is 9.10. The van der Waals surface area contributed by atoms with Gasteiger partial charge in [-0.05, 0) is 69.0 Å². The highest BCUT2D eigenvalue weighted by Gasteiger charge is 2.26. The summed E-state index contributed by atoms with van der Waals surface area (Å²) in [5.41, 5.74) is 4.70. The molecule has 0 saturated heterocycles. The van der Waals surface area contributed by atoms with E-state index in [1.54, 1.807) is 32.5 Å². The molecule has 1 aliphatic rings. The van der Waals surface area contributed by atoms with Crippen molar-refractivity contribution in [1.29, 1.82) is 0 Å². The predicted octanol–water partition coefficient (Wildman–Crippen LogP) is 4.31. The van der Waals surface area contributed by atoms with Gasteiger partial charge in [0.05, 0.1) is 19.9 Å². The van der Waals surface area contributed by atoms with Crippen LogP contribution >= 0.6 is 0 Å². The van der Waals surface area contributed by atoms with E-state index >= 15 is 0 Å². The van der Waals surface area contributed by atoms with Gasteiger partial charge < -0.3 is 20.1 Å². The molecule has 4 N–H and O–H groups in total. The van der Waals surface area contributed by atoms with Crippen LogP contribution in [0, 0.1) is 20.8 Å². The summed E-state index contributed by atoms with van der Waals surface area (Å²) in [7, 11) is -0.385. The van der Waals surface area contributed by atoms with E-state index in [-0.39, 0.29) is 6.04 Å². The summed E-state index contributed by atoms with van der Waals surface area (Å²) in [6.45, 7) is 5.74. The summed E-state index contributed by atoms with van der Waals surface area (Å²) in [5, 5.41) is 6.54. The molecule has 0 bridgehead atoms. The van der Waals surface area contributed by atoms with Crippen molar-refractivity contribution in [2.75, 3.05) is 29.6 Å². The second kappa shape index (κ2) is 9.96. The summed E-state index contributed by atoms with van der Waals surface area (Å²) < 4.78 is 40.4. The molecule has 0 spiro atoms. The van der Waals surface area contributed by atoms with Gasteiger partial charge in [0.2, 0.25) is 5.95 Å². The van der Waals surface area contributed by atoms with Gasteiger partial charge in [-0.15, -0.1) is 0 Å². The number of nitrogens with zero attached hydrogens (tertiary/aromatic N) is 2. The molecule has 1 fully saturated rings. The van der Waals surface area contributed by atoms with Crippen LogP contribution in [0.15, 0.2) is 36.5 Å². The van der Waals surface area contributed by atoms with E-state index in [0.29, 0.717) is 29.0 Å². The predicted molar refractivity (Wildman–Crippen MR) is 137 cm³/mol. The highest BCUT2D eigenvalue weighted by molar-refractivity contribution is 7.90. The normalized spacial score (nSPS) is 13.3. The molecular formula is C24H30N6O4S. The number of hydrogen-bond acceptors (Lipinski definition) is 8. The van der Waals surface area contributed by atoms with E-state index in [9.17, 15) is 8.42 Å². The molecule has 0 amide bonds. The van der Waals surface area contributed by atoms with E-state index in [4.69, 9.17) is 9.47 Å². The molecule has 2 aromatic carbocycles. The minimum atomic E-state index is -3.58. The van der Waals surface area contributed by atoms with Crippen molar-refractivity contribution in [3.05, 3.63) is 53.2 Å². The van der Waals surface area contributed by atoms with E-state index in [2.05, 4.69) is 30.0 Å². The zero-order valence-electron chi connectivity index (χ0n) is 20.4. The lowest BCUT2D eigenvalue weighted by molar-refractivity contribution is 0.353. The van der Waals surface area contributed by atoms with Gasteiger partial charge in [0.15, 0.2) is 11.5 Å². The Hall–Kier alpha value is -3.57. The summed E-state index contributed by atoms with van der Waals surface area (Å²) in [4.78, 5) is 9.02. The van der Waals surface area contributed by atoms with Gasteiger partial charge in [0, 0.05) is 35.2 Å². The average molecular weight is 499 g/mol. The number of aromatic nitrogens is 2. The quantitative estimate of drug-likeness (QED) is 0.326. The van der Waals surface area contributed by atoms with Gasteiger partial charge in [-0.3, -0.25) is 4.72 Å². The maximum Gasteiger partial charge on any atom is 0.299 e. The maximum atomic E-state index is 12.2. The standard InChI is InChI=1S/C24H30N6O4S/c1-14-10-18(30-35(31,32)29-17-6-7-17)8-9-20(14)27-23-16(3)13-25-24(28-23)26-19-11-15(2)22(34-5)21(12-19)33-4/h8-13,17,29-30H,6-7H2,1-5H3,(H2,25,26,27,28). The van der Waals surface area contributed by atoms with Crippen LogP contribution in [0.2, 0.25) is 0 Å². The number of benzene rings is 2. The molecule has 35 heavy (non-hydrogen) atoms. The molecule has 186 valence electrons. The molecule has 0 aliphatic heterocycles. The SMILES string of the molecule is COc1cc(Nc2ncc(C)c(Nc3ccc(NS(=O)(=O)NC4CC4)cc3C)n2)cc(C)c1OC. The molecule has 0 atom stereocenters. The number of nitrogens with one attached hydrogen (secondary N) is 4. The fraction of sp³-hybridized carbons (Fsp3) is 0.333. The van der Waals surface area contributed by atoms with E-state index in [0.717, 1.165) is 40.9 Å². The average Bonchev–Trinajstić information content (AvgIpc) is 3.60. The van der Waals surface area contributed by atoms with Crippen LogP contribution in [0.3, 0.4) is 0 Å². The second-order valence-electron chi connectivity index (χ2n) is 8.53. The zero-order chi connectivity index (χ0) is 25.2. The van der Waals surface area contributed by atoms with Gasteiger partial charge in [0.25, 0.3) is 10.2 Å². The monoisotopic (exact) mass is 498 g/mol. The third kappa shape index (κ3) is 6.11. The molecule has 1 saturated carbocycles. The van der Waals surface area contributed by atoms with Crippen LogP contribution in [0.1, 0.15) is 29.5 Å². The number of anilines is 5. The highest BCUT2D eigenvalue weighted by Crippen LogP contribution is 2.35. The number of rotatable bonds is 10. The van der Waals surface area contributed by atoms with E-state index < -0.39 is 10.2 Å². The third-order valence-electron chi connectivity index (χ3n) is 5.52. The van der Waals surface area contributed by atoms with Crippen molar-refractivity contribution < 1.29 is 17.9 Å². The van der Waals surface area contributed by atoms with Crippen molar-refractivity contribution in [1.82, 2.24) is 14.7 Å². The van der Waals surface area contributed by atoms with Gasteiger partial charge in [-0.25, -0.2) is 4.98 Å². The van der Waals surface area contributed by atoms with Gasteiger partial charge in [0.1, 0.15) is 5.82 Å².